The fourth-order valence-electron chi connectivity index (χ4n) is 2.82. The second-order valence-electron chi connectivity index (χ2n) is 7.77. The van der Waals surface area contributed by atoms with Crippen LogP contribution in [0.15, 0.2) is 24.3 Å². The molecule has 29 heavy (non-hydrogen) atoms. The first-order valence-electron chi connectivity index (χ1n) is 9.60. The van der Waals surface area contributed by atoms with Crippen molar-refractivity contribution in [1.29, 1.82) is 0 Å². The van der Waals surface area contributed by atoms with Crippen molar-refractivity contribution in [1.82, 2.24) is 5.32 Å². The third kappa shape index (κ3) is 9.15. The molecule has 3 atom stereocenters. The lowest BCUT2D eigenvalue weighted by Gasteiger charge is -2.22. The molecular formula is C21H30N2O5S. The molecule has 0 fully saturated rings. The van der Waals surface area contributed by atoms with E-state index in [4.69, 9.17) is 23.1 Å². The Kier molecular flexibility index (Phi) is 9.91. The van der Waals surface area contributed by atoms with Crippen molar-refractivity contribution >= 4 is 34.7 Å². The lowest BCUT2D eigenvalue weighted by Crippen LogP contribution is -2.45. The molecule has 1 aromatic carbocycles. The molecular weight excluding hydrogens is 392 g/mol. The highest BCUT2D eigenvalue weighted by atomic mass is 32.1. The average molecular weight is 423 g/mol. The Morgan fingerprint density at radius 3 is 2.17 bits per heavy atom. The molecule has 8 heteroatoms. The second-order valence-corrected chi connectivity index (χ2v) is 8.30. The van der Waals surface area contributed by atoms with Crippen LogP contribution in [0.25, 0.3) is 0 Å². The fraction of sp³-hybridized carbons (Fsp3) is 0.524. The Morgan fingerprint density at radius 1 is 1.07 bits per heavy atom. The molecule has 5 N–H and O–H groups in total. The Balaban J connectivity index is 2.65. The van der Waals surface area contributed by atoms with Gasteiger partial charge in [-0.3, -0.25) is 14.4 Å². The summed E-state index contributed by atoms with van der Waals surface area (Å²) < 4.78 is 0. The first-order valence-corrected chi connectivity index (χ1v) is 10.0. The number of Topliss-reactive ketones (excluding diaryl/α,β-unsaturated/α-hetero) is 1. The van der Waals surface area contributed by atoms with Crippen molar-refractivity contribution in [3.05, 3.63) is 29.8 Å². The number of thiocarbonyl (C=S) groups is 1. The largest absolute Gasteiger partial charge is 0.508 e. The number of aromatic hydroxyl groups is 1. The van der Waals surface area contributed by atoms with E-state index in [9.17, 15) is 19.5 Å². The highest BCUT2D eigenvalue weighted by molar-refractivity contribution is 7.80. The van der Waals surface area contributed by atoms with Crippen molar-refractivity contribution in [3.8, 4) is 5.75 Å². The van der Waals surface area contributed by atoms with Crippen LogP contribution in [0.3, 0.4) is 0 Å². The van der Waals surface area contributed by atoms with Gasteiger partial charge in [0.1, 0.15) is 5.75 Å². The summed E-state index contributed by atoms with van der Waals surface area (Å²) in [5, 5.41) is 21.1. The van der Waals surface area contributed by atoms with Crippen LogP contribution in [0.2, 0.25) is 0 Å². The van der Waals surface area contributed by atoms with E-state index in [2.05, 4.69) is 5.32 Å². The molecule has 0 unspecified atom stereocenters. The lowest BCUT2D eigenvalue weighted by atomic mass is 9.95. The number of carboxylic acid groups (broad SMARTS) is 1. The monoisotopic (exact) mass is 422 g/mol. The minimum atomic E-state index is -1.05. The fourth-order valence-corrected chi connectivity index (χ4v) is 3.30. The van der Waals surface area contributed by atoms with E-state index < -0.39 is 29.9 Å². The lowest BCUT2D eigenvalue weighted by molar-refractivity contribution is -0.137. The van der Waals surface area contributed by atoms with Gasteiger partial charge in [0.05, 0.1) is 18.5 Å². The van der Waals surface area contributed by atoms with Gasteiger partial charge >= 0.3 is 5.97 Å². The molecule has 160 valence electrons. The smallest absolute Gasteiger partial charge is 0.305 e. The Labute approximate surface area is 176 Å². The molecule has 0 saturated carbocycles. The van der Waals surface area contributed by atoms with Crippen LogP contribution in [0, 0.1) is 11.8 Å². The SMILES string of the molecule is CC(C)CC(=S)[C@H](CC(=O)O)NC(=O)[C@H](C)CC(=O)[C@@H](N)Cc1ccc(O)cc1. The zero-order valence-electron chi connectivity index (χ0n) is 17.1. The van der Waals surface area contributed by atoms with Gasteiger partial charge in [0.15, 0.2) is 5.78 Å². The van der Waals surface area contributed by atoms with Crippen molar-refractivity contribution in [2.45, 2.75) is 58.5 Å². The predicted molar refractivity (Wildman–Crippen MR) is 115 cm³/mol. The number of carbonyl (C=O) groups excluding carboxylic acids is 2. The number of nitrogens with one attached hydrogen (secondary N) is 1. The van der Waals surface area contributed by atoms with Crippen LogP contribution in [-0.4, -0.2) is 44.8 Å². The molecule has 0 heterocycles. The summed E-state index contributed by atoms with van der Waals surface area (Å²) in [5.74, 6) is -2.03. The van der Waals surface area contributed by atoms with Gasteiger partial charge in [-0.1, -0.05) is 45.1 Å². The van der Waals surface area contributed by atoms with E-state index in [0.29, 0.717) is 17.7 Å². The topological polar surface area (TPSA) is 130 Å². The Hall–Kier alpha value is -2.32. The number of carboxylic acids is 1. The number of phenols is 1. The third-order valence-corrected chi connectivity index (χ3v) is 4.90. The minimum Gasteiger partial charge on any atom is -0.508 e. The molecule has 1 rings (SSSR count). The first kappa shape index (κ1) is 24.7. The van der Waals surface area contributed by atoms with Gasteiger partial charge in [-0.25, -0.2) is 0 Å². The number of phenolic OH excluding ortho intramolecular Hbond substituents is 1. The van der Waals surface area contributed by atoms with Gasteiger partial charge in [-0.15, -0.1) is 0 Å². The first-order chi connectivity index (χ1) is 13.5. The minimum absolute atomic E-state index is 0.0538. The van der Waals surface area contributed by atoms with Crippen LogP contribution in [-0.2, 0) is 20.8 Å². The standard InChI is InChI=1S/C21H30N2O5S/c1-12(2)8-19(29)17(11-20(26)27)23-21(28)13(3)9-18(25)16(22)10-14-4-6-15(24)7-5-14/h4-7,12-13,16-17,24H,8-11,22H2,1-3H3,(H,23,28)(H,26,27)/t13-,16+,17+/m1/s1. The highest BCUT2D eigenvalue weighted by Crippen LogP contribution is 2.14. The van der Waals surface area contributed by atoms with E-state index in [1.807, 2.05) is 13.8 Å². The maximum Gasteiger partial charge on any atom is 0.305 e. The van der Waals surface area contributed by atoms with Crippen LogP contribution in [0.1, 0.15) is 45.6 Å². The summed E-state index contributed by atoms with van der Waals surface area (Å²) in [7, 11) is 0. The number of nitrogens with two attached hydrogens (primary N) is 1. The third-order valence-electron chi connectivity index (χ3n) is 4.45. The molecule has 0 aliphatic rings. The van der Waals surface area contributed by atoms with Gasteiger partial charge < -0.3 is 21.3 Å². The quantitative estimate of drug-likeness (QED) is 0.380. The molecule has 1 amide bonds. The van der Waals surface area contributed by atoms with E-state index in [1.165, 1.54) is 12.1 Å². The van der Waals surface area contributed by atoms with Gasteiger partial charge in [0, 0.05) is 17.2 Å². The van der Waals surface area contributed by atoms with Crippen LogP contribution < -0.4 is 11.1 Å². The van der Waals surface area contributed by atoms with E-state index in [-0.39, 0.29) is 30.3 Å². The summed E-state index contributed by atoms with van der Waals surface area (Å²) >= 11 is 5.30. The number of aliphatic carboxylic acids is 1. The summed E-state index contributed by atoms with van der Waals surface area (Å²) in [6, 6.07) is 4.89. The molecule has 0 saturated heterocycles. The van der Waals surface area contributed by atoms with Crippen molar-refractivity contribution in [2.24, 2.45) is 17.6 Å². The molecule has 0 aliphatic carbocycles. The number of carbonyl (C=O) groups is 3. The van der Waals surface area contributed by atoms with Gasteiger partial charge in [0.25, 0.3) is 0 Å². The van der Waals surface area contributed by atoms with Crippen molar-refractivity contribution in [2.75, 3.05) is 0 Å². The molecule has 1 aromatic rings. The van der Waals surface area contributed by atoms with E-state index in [1.54, 1.807) is 19.1 Å². The molecule has 0 aromatic heterocycles. The van der Waals surface area contributed by atoms with Gasteiger partial charge in [-0.05, 0) is 36.5 Å². The summed E-state index contributed by atoms with van der Waals surface area (Å²) in [6.45, 7) is 5.52. The average Bonchev–Trinajstić information content (AvgIpc) is 2.61. The maximum absolute atomic E-state index is 12.5. The van der Waals surface area contributed by atoms with Crippen molar-refractivity contribution < 1.29 is 24.6 Å². The zero-order chi connectivity index (χ0) is 22.1. The second kappa shape index (κ2) is 11.6. The molecule has 0 bridgehead atoms. The van der Waals surface area contributed by atoms with E-state index in [0.717, 1.165) is 5.56 Å². The predicted octanol–water partition coefficient (Wildman–Crippen LogP) is 2.23. The van der Waals surface area contributed by atoms with Gasteiger partial charge in [0.2, 0.25) is 5.91 Å². The number of benzene rings is 1. The van der Waals surface area contributed by atoms with Crippen LogP contribution >= 0.6 is 12.2 Å². The summed E-state index contributed by atoms with van der Waals surface area (Å²) in [5.41, 5.74) is 6.77. The number of hydrogen-bond acceptors (Lipinski definition) is 6. The number of amides is 1. The Bertz CT molecular complexity index is 733. The summed E-state index contributed by atoms with van der Waals surface area (Å²) in [6.07, 6.45) is 0.478. The van der Waals surface area contributed by atoms with E-state index >= 15 is 0 Å². The molecule has 0 radical (unpaired) electrons. The van der Waals surface area contributed by atoms with Crippen molar-refractivity contribution in [3.63, 3.8) is 0 Å². The zero-order valence-corrected chi connectivity index (χ0v) is 17.9. The molecule has 0 aliphatic heterocycles. The summed E-state index contributed by atoms with van der Waals surface area (Å²) in [4.78, 5) is 36.5. The Morgan fingerprint density at radius 2 is 1.66 bits per heavy atom. The highest BCUT2D eigenvalue weighted by Gasteiger charge is 2.26. The maximum atomic E-state index is 12.5. The number of hydrogen-bond donors (Lipinski definition) is 4. The molecule has 0 spiro atoms. The van der Waals surface area contributed by atoms with Crippen LogP contribution in [0.4, 0.5) is 0 Å². The number of rotatable bonds is 12. The van der Waals surface area contributed by atoms with Crippen LogP contribution in [0.5, 0.6) is 5.75 Å². The molecule has 7 nitrogen and oxygen atoms in total. The number of ketones is 1. The van der Waals surface area contributed by atoms with Gasteiger partial charge in [-0.2, -0.15) is 0 Å². The normalized spacial score (nSPS) is 14.1.